The lowest BCUT2D eigenvalue weighted by atomic mass is 10.0. The van der Waals surface area contributed by atoms with Crippen molar-refractivity contribution in [2.45, 2.75) is 18.6 Å². The van der Waals surface area contributed by atoms with E-state index >= 15 is 0 Å². The lowest BCUT2D eigenvalue weighted by molar-refractivity contribution is 0.302. The van der Waals surface area contributed by atoms with E-state index in [0.29, 0.717) is 6.54 Å². The summed E-state index contributed by atoms with van der Waals surface area (Å²) >= 11 is 5.87. The van der Waals surface area contributed by atoms with Crippen LogP contribution in [-0.4, -0.2) is 40.8 Å². The summed E-state index contributed by atoms with van der Waals surface area (Å²) in [5.41, 5.74) is 5.55. The topological polar surface area (TPSA) is 45.6 Å². The van der Waals surface area contributed by atoms with Crippen LogP contribution in [0.4, 0.5) is 5.69 Å². The van der Waals surface area contributed by atoms with Crippen LogP contribution in [0.2, 0.25) is 0 Å². The third kappa shape index (κ3) is 4.59. The van der Waals surface area contributed by atoms with Gasteiger partial charge in [-0.3, -0.25) is 4.98 Å². The van der Waals surface area contributed by atoms with Crippen molar-refractivity contribution in [3.8, 4) is 11.4 Å². The maximum absolute atomic E-state index is 5.87. The number of hydrogen-bond acceptors (Lipinski definition) is 4. The summed E-state index contributed by atoms with van der Waals surface area (Å²) in [5, 5.41) is 4.27. The summed E-state index contributed by atoms with van der Waals surface area (Å²) in [6.45, 7) is 0.675. The first-order valence-corrected chi connectivity index (χ1v) is 12.0. The number of rotatable bonds is 7. The van der Waals surface area contributed by atoms with Crippen LogP contribution in [0.3, 0.4) is 0 Å². The van der Waals surface area contributed by atoms with Gasteiger partial charge in [-0.05, 0) is 78.4 Å². The van der Waals surface area contributed by atoms with Crippen LogP contribution in [0.15, 0.2) is 91.3 Å². The van der Waals surface area contributed by atoms with Crippen molar-refractivity contribution >= 4 is 23.0 Å². The fraction of sp³-hybridized carbons (Fsp3) is 0.214. The number of nitrogens with zero attached hydrogens (tertiary/aromatic N) is 4. The maximum atomic E-state index is 5.87. The van der Waals surface area contributed by atoms with E-state index in [1.54, 1.807) is 7.11 Å². The second kappa shape index (κ2) is 9.80. The van der Waals surface area contributed by atoms with Gasteiger partial charge < -0.3 is 24.4 Å². The minimum absolute atomic E-state index is 0.0389. The number of thiocarbonyl (C=S) groups is 1. The Morgan fingerprint density at radius 2 is 1.74 bits per heavy atom. The number of ether oxygens (including phenoxy) is 1. The molecule has 5 rings (SSSR count). The van der Waals surface area contributed by atoms with Crippen molar-refractivity contribution in [1.82, 2.24) is 19.8 Å². The molecule has 4 aromatic rings. The average Bonchev–Trinajstić information content (AvgIpc) is 3.49. The Morgan fingerprint density at radius 1 is 0.971 bits per heavy atom. The van der Waals surface area contributed by atoms with E-state index in [-0.39, 0.29) is 12.1 Å². The summed E-state index contributed by atoms with van der Waals surface area (Å²) in [5.74, 6) is 0.842. The lowest BCUT2D eigenvalue weighted by Crippen LogP contribution is -2.30. The van der Waals surface area contributed by atoms with Crippen molar-refractivity contribution in [2.75, 3.05) is 26.1 Å². The number of benzene rings is 2. The molecule has 1 aliphatic heterocycles. The molecule has 3 heterocycles. The molecule has 178 valence electrons. The van der Waals surface area contributed by atoms with Gasteiger partial charge in [0.05, 0.1) is 24.9 Å². The molecule has 0 amide bonds. The molecule has 2 atom stereocenters. The van der Waals surface area contributed by atoms with Gasteiger partial charge in [-0.2, -0.15) is 0 Å². The standard InChI is InChI=1S/C28H29N5OS/c1-31(2)21-11-13-22(14-12-21)32-18-6-8-25(32)27-26(24-7-4-5-17-29-24)30-28(35)33(27)19-20-9-15-23(34-3)16-10-20/h4-18,26-27H,19H2,1-3H3,(H,30,35). The highest BCUT2D eigenvalue weighted by molar-refractivity contribution is 7.80. The van der Waals surface area contributed by atoms with E-state index in [1.807, 2.05) is 30.5 Å². The molecule has 1 N–H and O–H groups in total. The quantitative estimate of drug-likeness (QED) is 0.368. The first kappa shape index (κ1) is 22.9. The fourth-order valence-electron chi connectivity index (χ4n) is 4.61. The third-order valence-corrected chi connectivity index (χ3v) is 6.79. The van der Waals surface area contributed by atoms with Crippen molar-refractivity contribution in [1.29, 1.82) is 0 Å². The normalized spacial score (nSPS) is 17.3. The van der Waals surface area contributed by atoms with Gasteiger partial charge in [0, 0.05) is 50.1 Å². The van der Waals surface area contributed by atoms with Crippen LogP contribution >= 0.6 is 12.2 Å². The SMILES string of the molecule is COc1ccc(CN2C(=S)NC(c3ccccn3)C2c2cccn2-c2ccc(N(C)C)cc2)cc1. The van der Waals surface area contributed by atoms with E-state index < -0.39 is 0 Å². The molecule has 0 bridgehead atoms. The molecule has 1 saturated heterocycles. The van der Waals surface area contributed by atoms with Crippen LogP contribution in [0, 0.1) is 0 Å². The highest BCUT2D eigenvalue weighted by Crippen LogP contribution is 2.40. The van der Waals surface area contributed by atoms with Crippen molar-refractivity contribution in [3.05, 3.63) is 108 Å². The second-order valence-corrected chi connectivity index (χ2v) is 9.20. The monoisotopic (exact) mass is 483 g/mol. The molecular weight excluding hydrogens is 454 g/mol. The number of anilines is 1. The zero-order chi connectivity index (χ0) is 24.4. The van der Waals surface area contributed by atoms with Gasteiger partial charge in [-0.25, -0.2) is 0 Å². The molecule has 0 spiro atoms. The number of pyridine rings is 1. The zero-order valence-corrected chi connectivity index (χ0v) is 20.9. The Bertz CT molecular complexity index is 1290. The van der Waals surface area contributed by atoms with E-state index in [0.717, 1.165) is 33.5 Å². The highest BCUT2D eigenvalue weighted by atomic mass is 32.1. The fourth-order valence-corrected chi connectivity index (χ4v) is 4.91. The van der Waals surface area contributed by atoms with Crippen LogP contribution < -0.4 is 15.0 Å². The maximum Gasteiger partial charge on any atom is 0.170 e. The first-order chi connectivity index (χ1) is 17.0. The molecule has 2 unspecified atom stereocenters. The first-order valence-electron chi connectivity index (χ1n) is 11.6. The predicted octanol–water partition coefficient (Wildman–Crippen LogP) is 5.12. The Balaban J connectivity index is 1.55. The Labute approximate surface area is 211 Å². The average molecular weight is 484 g/mol. The predicted molar refractivity (Wildman–Crippen MR) is 144 cm³/mol. The van der Waals surface area contributed by atoms with Gasteiger partial charge in [-0.15, -0.1) is 0 Å². The molecule has 2 aromatic heterocycles. The number of hydrogen-bond donors (Lipinski definition) is 1. The second-order valence-electron chi connectivity index (χ2n) is 8.82. The molecule has 0 radical (unpaired) electrons. The minimum atomic E-state index is -0.0725. The third-order valence-electron chi connectivity index (χ3n) is 6.44. The summed E-state index contributed by atoms with van der Waals surface area (Å²) in [6.07, 6.45) is 3.95. The molecule has 0 aliphatic carbocycles. The van der Waals surface area contributed by atoms with Gasteiger partial charge in [0.2, 0.25) is 0 Å². The van der Waals surface area contributed by atoms with E-state index in [1.165, 1.54) is 5.69 Å². The van der Waals surface area contributed by atoms with Crippen LogP contribution in [0.1, 0.15) is 29.0 Å². The van der Waals surface area contributed by atoms with E-state index in [9.17, 15) is 0 Å². The molecule has 1 fully saturated rings. The number of methoxy groups -OCH3 is 1. The molecule has 2 aromatic carbocycles. The molecule has 35 heavy (non-hydrogen) atoms. The molecule has 7 heteroatoms. The van der Waals surface area contributed by atoms with Crippen LogP contribution in [-0.2, 0) is 6.54 Å². The van der Waals surface area contributed by atoms with Gasteiger partial charge in [0.25, 0.3) is 0 Å². The number of nitrogens with one attached hydrogen (secondary N) is 1. The van der Waals surface area contributed by atoms with Crippen molar-refractivity contribution < 1.29 is 4.74 Å². The summed E-state index contributed by atoms with van der Waals surface area (Å²) in [4.78, 5) is 9.04. The largest absolute Gasteiger partial charge is 0.497 e. The van der Waals surface area contributed by atoms with Gasteiger partial charge in [0.1, 0.15) is 5.75 Å². The Morgan fingerprint density at radius 3 is 2.40 bits per heavy atom. The Kier molecular flexibility index (Phi) is 6.42. The molecular formula is C28H29N5OS. The molecule has 6 nitrogen and oxygen atoms in total. The van der Waals surface area contributed by atoms with Crippen molar-refractivity contribution in [2.24, 2.45) is 0 Å². The van der Waals surface area contributed by atoms with Gasteiger partial charge >= 0.3 is 0 Å². The van der Waals surface area contributed by atoms with Crippen LogP contribution in [0.5, 0.6) is 5.75 Å². The number of aromatic nitrogens is 2. The molecule has 0 saturated carbocycles. The van der Waals surface area contributed by atoms with E-state index in [4.69, 9.17) is 17.0 Å². The summed E-state index contributed by atoms with van der Waals surface area (Å²) in [6, 6.07) is 26.9. The Hall–Kier alpha value is -3.84. The molecule has 1 aliphatic rings. The van der Waals surface area contributed by atoms with Crippen molar-refractivity contribution in [3.63, 3.8) is 0 Å². The minimum Gasteiger partial charge on any atom is -0.497 e. The van der Waals surface area contributed by atoms with Gasteiger partial charge in [-0.1, -0.05) is 18.2 Å². The highest BCUT2D eigenvalue weighted by Gasteiger charge is 2.41. The lowest BCUT2D eigenvalue weighted by Gasteiger charge is -2.29. The smallest absolute Gasteiger partial charge is 0.170 e. The zero-order valence-electron chi connectivity index (χ0n) is 20.1. The summed E-state index contributed by atoms with van der Waals surface area (Å²) < 4.78 is 7.58. The summed E-state index contributed by atoms with van der Waals surface area (Å²) in [7, 11) is 5.78. The van der Waals surface area contributed by atoms with Crippen LogP contribution in [0.25, 0.3) is 5.69 Å². The van der Waals surface area contributed by atoms with E-state index in [2.05, 4.69) is 99.6 Å². The van der Waals surface area contributed by atoms with Gasteiger partial charge in [0.15, 0.2) is 5.11 Å².